The molecule has 2 N–H and O–H groups in total. The van der Waals surface area contributed by atoms with Crippen molar-refractivity contribution in [2.75, 3.05) is 18.5 Å². The van der Waals surface area contributed by atoms with E-state index in [0.717, 1.165) is 12.8 Å². The maximum absolute atomic E-state index is 12.6. The Morgan fingerprint density at radius 3 is 2.65 bits per heavy atom. The Labute approximate surface area is 157 Å². The van der Waals surface area contributed by atoms with Crippen molar-refractivity contribution in [2.45, 2.75) is 23.8 Å². The number of benzene rings is 2. The van der Waals surface area contributed by atoms with Crippen LogP contribution in [0.3, 0.4) is 0 Å². The molecule has 1 saturated heterocycles. The molecule has 1 atom stereocenters. The Balaban J connectivity index is 1.76. The van der Waals surface area contributed by atoms with Crippen LogP contribution in [0, 0.1) is 0 Å². The van der Waals surface area contributed by atoms with Crippen molar-refractivity contribution in [2.24, 2.45) is 0 Å². The molecule has 138 valence electrons. The fraction of sp³-hybridized carbons (Fsp3) is 0.278. The third kappa shape index (κ3) is 4.62. The number of ether oxygens (including phenoxy) is 1. The summed E-state index contributed by atoms with van der Waals surface area (Å²) in [4.78, 5) is 12.3. The van der Waals surface area contributed by atoms with Crippen LogP contribution in [0.25, 0.3) is 0 Å². The summed E-state index contributed by atoms with van der Waals surface area (Å²) >= 11 is 6.06. The molecule has 26 heavy (non-hydrogen) atoms. The molecule has 2 aromatic carbocycles. The Bertz CT molecular complexity index is 881. The minimum Gasteiger partial charge on any atom is -0.377 e. The van der Waals surface area contributed by atoms with Crippen LogP contribution in [-0.4, -0.2) is 33.6 Å². The summed E-state index contributed by atoms with van der Waals surface area (Å²) in [5.74, 6) is -0.413. The number of anilines is 1. The SMILES string of the molecule is O=C(Nc1ccccc1)c1ccc(Cl)c(S(=O)(=O)NC[C@H]2CCCO2)c1. The summed E-state index contributed by atoms with van der Waals surface area (Å²) < 4.78 is 33.0. The van der Waals surface area contributed by atoms with E-state index in [9.17, 15) is 13.2 Å². The Hall–Kier alpha value is -1.93. The standard InChI is InChI=1S/C18H19ClN2O4S/c19-16-9-8-13(18(22)21-14-5-2-1-3-6-14)11-17(16)26(23,24)20-12-15-7-4-10-25-15/h1-3,5-6,8-9,11,15,20H,4,7,10,12H2,(H,21,22)/t15-/m1/s1. The first-order chi connectivity index (χ1) is 12.5. The minimum absolute atomic E-state index is 0.0566. The van der Waals surface area contributed by atoms with Crippen molar-refractivity contribution in [3.8, 4) is 0 Å². The lowest BCUT2D eigenvalue weighted by Gasteiger charge is -2.13. The molecule has 1 amide bonds. The van der Waals surface area contributed by atoms with Gasteiger partial charge >= 0.3 is 0 Å². The van der Waals surface area contributed by atoms with E-state index in [4.69, 9.17) is 16.3 Å². The highest BCUT2D eigenvalue weighted by Crippen LogP contribution is 2.23. The van der Waals surface area contributed by atoms with Crippen LogP contribution in [0.2, 0.25) is 5.02 Å². The zero-order valence-corrected chi connectivity index (χ0v) is 15.5. The quantitative estimate of drug-likeness (QED) is 0.788. The number of rotatable bonds is 6. The molecule has 0 spiro atoms. The van der Waals surface area contributed by atoms with Crippen molar-refractivity contribution in [1.29, 1.82) is 0 Å². The van der Waals surface area contributed by atoms with Gasteiger partial charge in [-0.3, -0.25) is 4.79 Å². The predicted molar refractivity (Wildman–Crippen MR) is 100 cm³/mol. The van der Waals surface area contributed by atoms with Crippen LogP contribution in [0.5, 0.6) is 0 Å². The van der Waals surface area contributed by atoms with Crippen molar-refractivity contribution in [3.05, 3.63) is 59.1 Å². The molecular formula is C18H19ClN2O4S. The van der Waals surface area contributed by atoms with E-state index in [1.54, 1.807) is 24.3 Å². The second-order valence-electron chi connectivity index (χ2n) is 5.95. The second kappa shape index (κ2) is 8.18. The third-order valence-electron chi connectivity index (χ3n) is 4.04. The van der Waals surface area contributed by atoms with Gasteiger partial charge in [0.2, 0.25) is 10.0 Å². The van der Waals surface area contributed by atoms with E-state index < -0.39 is 15.9 Å². The van der Waals surface area contributed by atoms with Gasteiger partial charge in [0.05, 0.1) is 11.1 Å². The van der Waals surface area contributed by atoms with Gasteiger partial charge in [-0.25, -0.2) is 13.1 Å². The van der Waals surface area contributed by atoms with Crippen LogP contribution in [0.4, 0.5) is 5.69 Å². The number of halogens is 1. The van der Waals surface area contributed by atoms with E-state index in [-0.39, 0.29) is 28.1 Å². The third-order valence-corrected chi connectivity index (χ3v) is 5.94. The highest BCUT2D eigenvalue weighted by Gasteiger charge is 2.23. The fourth-order valence-electron chi connectivity index (χ4n) is 2.66. The van der Waals surface area contributed by atoms with Crippen LogP contribution < -0.4 is 10.0 Å². The molecule has 1 fully saturated rings. The van der Waals surface area contributed by atoms with Gasteiger partial charge in [-0.2, -0.15) is 0 Å². The first-order valence-electron chi connectivity index (χ1n) is 8.23. The topological polar surface area (TPSA) is 84.5 Å². The molecule has 0 unspecified atom stereocenters. The fourth-order valence-corrected chi connectivity index (χ4v) is 4.25. The number of hydrogen-bond acceptors (Lipinski definition) is 4. The highest BCUT2D eigenvalue weighted by atomic mass is 35.5. The zero-order chi connectivity index (χ0) is 18.6. The van der Waals surface area contributed by atoms with Gasteiger partial charge in [0.1, 0.15) is 4.90 Å². The van der Waals surface area contributed by atoms with Crippen LogP contribution >= 0.6 is 11.6 Å². The number of nitrogens with one attached hydrogen (secondary N) is 2. The summed E-state index contributed by atoms with van der Waals surface area (Å²) in [7, 11) is -3.85. The largest absolute Gasteiger partial charge is 0.377 e. The Morgan fingerprint density at radius 1 is 1.19 bits per heavy atom. The molecule has 8 heteroatoms. The van der Waals surface area contributed by atoms with Crippen LogP contribution in [0.15, 0.2) is 53.4 Å². The lowest BCUT2D eigenvalue weighted by Crippen LogP contribution is -2.32. The average Bonchev–Trinajstić information content (AvgIpc) is 3.15. The highest BCUT2D eigenvalue weighted by molar-refractivity contribution is 7.89. The van der Waals surface area contributed by atoms with Gasteiger partial charge in [-0.1, -0.05) is 29.8 Å². The van der Waals surface area contributed by atoms with Crippen molar-refractivity contribution in [1.82, 2.24) is 4.72 Å². The van der Waals surface area contributed by atoms with Gasteiger partial charge in [-0.15, -0.1) is 0 Å². The number of amides is 1. The van der Waals surface area contributed by atoms with E-state index in [1.807, 2.05) is 6.07 Å². The van der Waals surface area contributed by atoms with Crippen molar-refractivity contribution < 1.29 is 17.9 Å². The van der Waals surface area contributed by atoms with E-state index >= 15 is 0 Å². The number of sulfonamides is 1. The zero-order valence-electron chi connectivity index (χ0n) is 13.9. The molecule has 3 rings (SSSR count). The van der Waals surface area contributed by atoms with Gasteiger partial charge in [0.25, 0.3) is 5.91 Å². The molecule has 0 bridgehead atoms. The first kappa shape index (κ1) is 18.8. The molecule has 1 heterocycles. The molecule has 0 radical (unpaired) electrons. The van der Waals surface area contributed by atoms with Crippen molar-refractivity contribution >= 4 is 33.2 Å². The normalized spacial score (nSPS) is 17.2. The smallest absolute Gasteiger partial charge is 0.255 e. The molecule has 0 saturated carbocycles. The van der Waals surface area contributed by atoms with Gasteiger partial charge in [-0.05, 0) is 43.2 Å². The Morgan fingerprint density at radius 2 is 1.96 bits per heavy atom. The van der Waals surface area contributed by atoms with E-state index in [2.05, 4.69) is 10.0 Å². The molecule has 0 aliphatic carbocycles. The number of carbonyl (C=O) groups excluding carboxylic acids is 1. The van der Waals surface area contributed by atoms with Gasteiger partial charge in [0, 0.05) is 24.4 Å². The molecule has 2 aromatic rings. The number of carbonyl (C=O) groups is 1. The average molecular weight is 395 g/mol. The van der Waals surface area contributed by atoms with Gasteiger partial charge in [0.15, 0.2) is 0 Å². The number of para-hydroxylation sites is 1. The van der Waals surface area contributed by atoms with Crippen LogP contribution in [0.1, 0.15) is 23.2 Å². The summed E-state index contributed by atoms with van der Waals surface area (Å²) in [6, 6.07) is 13.1. The van der Waals surface area contributed by atoms with E-state index in [0.29, 0.717) is 12.3 Å². The maximum Gasteiger partial charge on any atom is 0.255 e. The lowest BCUT2D eigenvalue weighted by atomic mass is 10.2. The molecular weight excluding hydrogens is 376 g/mol. The summed E-state index contributed by atoms with van der Waals surface area (Å²) in [5, 5.41) is 2.77. The molecule has 0 aromatic heterocycles. The van der Waals surface area contributed by atoms with Gasteiger partial charge < -0.3 is 10.1 Å². The summed E-state index contributed by atoms with van der Waals surface area (Å²) in [6.07, 6.45) is 1.60. The lowest BCUT2D eigenvalue weighted by molar-refractivity contribution is 0.102. The summed E-state index contributed by atoms with van der Waals surface area (Å²) in [6.45, 7) is 0.821. The Kier molecular flexibility index (Phi) is 5.93. The maximum atomic E-state index is 12.6. The monoisotopic (exact) mass is 394 g/mol. The van der Waals surface area contributed by atoms with E-state index in [1.165, 1.54) is 18.2 Å². The summed E-state index contributed by atoms with van der Waals surface area (Å²) in [5.41, 5.74) is 0.823. The van der Waals surface area contributed by atoms with Crippen LogP contribution in [-0.2, 0) is 14.8 Å². The minimum atomic E-state index is -3.85. The molecule has 6 nitrogen and oxygen atoms in total. The predicted octanol–water partition coefficient (Wildman–Crippen LogP) is 3.05. The molecule has 1 aliphatic heterocycles. The van der Waals surface area contributed by atoms with Crippen molar-refractivity contribution in [3.63, 3.8) is 0 Å². The number of hydrogen-bond donors (Lipinski definition) is 2. The first-order valence-corrected chi connectivity index (χ1v) is 10.1. The second-order valence-corrected chi connectivity index (χ2v) is 8.09. The molecule has 1 aliphatic rings.